The number of halogens is 1. The highest BCUT2D eigenvalue weighted by Gasteiger charge is 2.08. The van der Waals surface area contributed by atoms with Crippen LogP contribution in [0.3, 0.4) is 0 Å². The lowest BCUT2D eigenvalue weighted by molar-refractivity contribution is 0.607. The van der Waals surface area contributed by atoms with Gasteiger partial charge in [-0.15, -0.1) is 11.3 Å². The zero-order valence-electron chi connectivity index (χ0n) is 6.73. The zero-order valence-corrected chi connectivity index (χ0v) is 8.30. The Balaban J connectivity index is 2.67. The van der Waals surface area contributed by atoms with E-state index in [0.717, 1.165) is 11.6 Å². The molecule has 0 aliphatic heterocycles. The molecule has 0 aliphatic rings. The molecular formula is C8H12ClNS. The van der Waals surface area contributed by atoms with Gasteiger partial charge >= 0.3 is 0 Å². The van der Waals surface area contributed by atoms with Crippen LogP contribution in [0.1, 0.15) is 24.8 Å². The summed E-state index contributed by atoms with van der Waals surface area (Å²) < 4.78 is 0. The molecule has 11 heavy (non-hydrogen) atoms. The standard InChI is InChI=1S/C8H12ClNS/c1-3-10-6(2)8-7(9)4-5-11-8/h4-6,10H,3H2,1-2H3. The van der Waals surface area contributed by atoms with E-state index >= 15 is 0 Å². The van der Waals surface area contributed by atoms with Crippen LogP contribution in [0.4, 0.5) is 0 Å². The fraction of sp³-hybridized carbons (Fsp3) is 0.500. The molecule has 1 atom stereocenters. The van der Waals surface area contributed by atoms with Crippen LogP contribution in [0.2, 0.25) is 5.02 Å². The highest BCUT2D eigenvalue weighted by molar-refractivity contribution is 7.10. The normalized spacial score (nSPS) is 13.4. The van der Waals surface area contributed by atoms with Crippen molar-refractivity contribution >= 4 is 22.9 Å². The van der Waals surface area contributed by atoms with Gasteiger partial charge in [0.1, 0.15) is 0 Å². The summed E-state index contributed by atoms with van der Waals surface area (Å²) in [5, 5.41) is 6.21. The smallest absolute Gasteiger partial charge is 0.0561 e. The van der Waals surface area contributed by atoms with Gasteiger partial charge in [0.05, 0.1) is 5.02 Å². The quantitative estimate of drug-likeness (QED) is 0.771. The first-order chi connectivity index (χ1) is 5.25. The fourth-order valence-electron chi connectivity index (χ4n) is 1.01. The van der Waals surface area contributed by atoms with Crippen LogP contribution < -0.4 is 5.32 Å². The van der Waals surface area contributed by atoms with Crippen LogP contribution in [0.5, 0.6) is 0 Å². The van der Waals surface area contributed by atoms with Crippen LogP contribution in [0, 0.1) is 0 Å². The maximum Gasteiger partial charge on any atom is 0.0561 e. The molecule has 3 heteroatoms. The minimum Gasteiger partial charge on any atom is -0.310 e. The van der Waals surface area contributed by atoms with Gasteiger partial charge < -0.3 is 5.32 Å². The third-order valence-electron chi connectivity index (χ3n) is 1.55. The summed E-state index contributed by atoms with van der Waals surface area (Å²) in [7, 11) is 0. The van der Waals surface area contributed by atoms with E-state index in [1.54, 1.807) is 11.3 Å². The van der Waals surface area contributed by atoms with E-state index in [0.29, 0.717) is 6.04 Å². The third kappa shape index (κ3) is 2.19. The molecular weight excluding hydrogens is 178 g/mol. The van der Waals surface area contributed by atoms with Gasteiger partial charge in [0.15, 0.2) is 0 Å². The maximum absolute atomic E-state index is 5.94. The van der Waals surface area contributed by atoms with Crippen molar-refractivity contribution in [3.05, 3.63) is 21.3 Å². The van der Waals surface area contributed by atoms with Crippen LogP contribution >= 0.6 is 22.9 Å². The lowest BCUT2D eigenvalue weighted by atomic mass is 10.3. The predicted molar refractivity (Wildman–Crippen MR) is 51.4 cm³/mol. The summed E-state index contributed by atoms with van der Waals surface area (Å²) in [6.07, 6.45) is 0. The SMILES string of the molecule is CCNC(C)c1sccc1Cl. The fourth-order valence-corrected chi connectivity index (χ4v) is 2.27. The van der Waals surface area contributed by atoms with Crippen LogP contribution in [0.15, 0.2) is 11.4 Å². The summed E-state index contributed by atoms with van der Waals surface area (Å²) in [4.78, 5) is 1.23. The highest BCUT2D eigenvalue weighted by Crippen LogP contribution is 2.27. The molecule has 0 radical (unpaired) electrons. The second-order valence-corrected chi connectivity index (χ2v) is 3.77. The second-order valence-electron chi connectivity index (χ2n) is 2.41. The Morgan fingerprint density at radius 2 is 2.45 bits per heavy atom. The van der Waals surface area contributed by atoms with Crippen LogP contribution in [-0.2, 0) is 0 Å². The molecule has 1 aromatic rings. The van der Waals surface area contributed by atoms with Gasteiger partial charge in [-0.05, 0) is 24.9 Å². The Bertz CT molecular complexity index is 222. The monoisotopic (exact) mass is 189 g/mol. The van der Waals surface area contributed by atoms with Gasteiger partial charge in [-0.1, -0.05) is 18.5 Å². The van der Waals surface area contributed by atoms with Crippen molar-refractivity contribution in [2.75, 3.05) is 6.54 Å². The molecule has 0 bridgehead atoms. The topological polar surface area (TPSA) is 12.0 Å². The van der Waals surface area contributed by atoms with Gasteiger partial charge in [0, 0.05) is 10.9 Å². The van der Waals surface area contributed by atoms with Gasteiger partial charge in [-0.2, -0.15) is 0 Å². The summed E-state index contributed by atoms with van der Waals surface area (Å²) in [5.41, 5.74) is 0. The molecule has 1 unspecified atom stereocenters. The molecule has 1 rings (SSSR count). The zero-order chi connectivity index (χ0) is 8.27. The summed E-state index contributed by atoms with van der Waals surface area (Å²) in [5.74, 6) is 0. The first-order valence-electron chi connectivity index (χ1n) is 3.72. The summed E-state index contributed by atoms with van der Waals surface area (Å²) >= 11 is 7.64. The molecule has 1 aromatic heterocycles. The minimum atomic E-state index is 0.382. The van der Waals surface area contributed by atoms with Gasteiger partial charge in [-0.25, -0.2) is 0 Å². The Morgan fingerprint density at radius 3 is 2.91 bits per heavy atom. The Labute approximate surface area is 76.4 Å². The predicted octanol–water partition coefficient (Wildman–Crippen LogP) is 3.07. The second kappa shape index (κ2) is 4.10. The Kier molecular flexibility index (Phi) is 3.37. The Hall–Kier alpha value is -0.0500. The van der Waals surface area contributed by atoms with Crippen molar-refractivity contribution in [2.24, 2.45) is 0 Å². The number of rotatable bonds is 3. The number of hydrogen-bond donors (Lipinski definition) is 1. The molecule has 0 saturated heterocycles. The first-order valence-corrected chi connectivity index (χ1v) is 4.97. The summed E-state index contributed by atoms with van der Waals surface area (Å²) in [6, 6.07) is 2.32. The molecule has 1 N–H and O–H groups in total. The van der Waals surface area contributed by atoms with Crippen molar-refractivity contribution < 1.29 is 0 Å². The van der Waals surface area contributed by atoms with Crippen molar-refractivity contribution in [3.63, 3.8) is 0 Å². The average Bonchev–Trinajstić information content (AvgIpc) is 2.36. The molecule has 1 heterocycles. The van der Waals surface area contributed by atoms with Crippen molar-refractivity contribution in [2.45, 2.75) is 19.9 Å². The van der Waals surface area contributed by atoms with Crippen LogP contribution in [-0.4, -0.2) is 6.54 Å². The van der Waals surface area contributed by atoms with Gasteiger partial charge in [0.25, 0.3) is 0 Å². The van der Waals surface area contributed by atoms with Crippen molar-refractivity contribution in [3.8, 4) is 0 Å². The molecule has 0 saturated carbocycles. The Morgan fingerprint density at radius 1 is 1.73 bits per heavy atom. The van der Waals surface area contributed by atoms with E-state index in [2.05, 4.69) is 19.2 Å². The molecule has 0 fully saturated rings. The van der Waals surface area contributed by atoms with Crippen molar-refractivity contribution in [1.82, 2.24) is 5.32 Å². The summed E-state index contributed by atoms with van der Waals surface area (Å²) in [6.45, 7) is 5.20. The van der Waals surface area contributed by atoms with Crippen molar-refractivity contribution in [1.29, 1.82) is 0 Å². The lowest BCUT2D eigenvalue weighted by Crippen LogP contribution is -2.16. The molecule has 0 aliphatic carbocycles. The highest BCUT2D eigenvalue weighted by atomic mass is 35.5. The van der Waals surface area contributed by atoms with E-state index in [1.807, 2.05) is 11.4 Å². The molecule has 1 nitrogen and oxygen atoms in total. The molecule has 62 valence electrons. The molecule has 0 aromatic carbocycles. The maximum atomic E-state index is 5.94. The average molecular weight is 190 g/mol. The number of hydrogen-bond acceptors (Lipinski definition) is 2. The van der Waals surface area contributed by atoms with E-state index in [-0.39, 0.29) is 0 Å². The van der Waals surface area contributed by atoms with E-state index in [4.69, 9.17) is 11.6 Å². The third-order valence-corrected chi connectivity index (χ3v) is 3.09. The lowest BCUT2D eigenvalue weighted by Gasteiger charge is -2.09. The van der Waals surface area contributed by atoms with E-state index in [9.17, 15) is 0 Å². The minimum absolute atomic E-state index is 0.382. The van der Waals surface area contributed by atoms with Gasteiger partial charge in [0.2, 0.25) is 0 Å². The molecule has 0 spiro atoms. The number of nitrogens with one attached hydrogen (secondary N) is 1. The van der Waals surface area contributed by atoms with E-state index in [1.165, 1.54) is 4.88 Å². The number of thiophene rings is 1. The molecule has 0 amide bonds. The van der Waals surface area contributed by atoms with E-state index < -0.39 is 0 Å². The first kappa shape index (κ1) is 9.04. The van der Waals surface area contributed by atoms with Gasteiger partial charge in [-0.3, -0.25) is 0 Å². The van der Waals surface area contributed by atoms with Crippen LogP contribution in [0.25, 0.3) is 0 Å². The largest absolute Gasteiger partial charge is 0.310 e.